The van der Waals surface area contributed by atoms with Crippen LogP contribution in [0.2, 0.25) is 0 Å². The largest absolute Gasteiger partial charge is 0.495 e. The van der Waals surface area contributed by atoms with Gasteiger partial charge in [0.1, 0.15) is 16.5 Å². The Morgan fingerprint density at radius 2 is 1.94 bits per heavy atom. The molecule has 0 saturated heterocycles. The summed E-state index contributed by atoms with van der Waals surface area (Å²) in [5.74, 6) is -0.416. The molecule has 31 heavy (non-hydrogen) atoms. The van der Waals surface area contributed by atoms with E-state index in [0.29, 0.717) is 16.5 Å². The minimum atomic E-state index is -3.75. The van der Waals surface area contributed by atoms with E-state index in [1.54, 1.807) is 24.4 Å². The number of nitrogens with zero attached hydrogens (tertiary/aromatic N) is 2. The molecule has 1 amide bonds. The van der Waals surface area contributed by atoms with E-state index in [1.165, 1.54) is 57.2 Å². The number of thioether (sulfide) groups is 1. The van der Waals surface area contributed by atoms with Gasteiger partial charge in [-0.2, -0.15) is 0 Å². The van der Waals surface area contributed by atoms with Crippen LogP contribution in [0.5, 0.6) is 5.75 Å². The number of rotatable bonds is 8. The quantitative estimate of drug-likeness (QED) is 0.496. The number of carbonyl (C=O) groups excluding carboxylic acids is 1. The third-order valence-electron chi connectivity index (χ3n) is 4.25. The van der Waals surface area contributed by atoms with E-state index in [4.69, 9.17) is 4.74 Å². The van der Waals surface area contributed by atoms with Gasteiger partial charge >= 0.3 is 0 Å². The van der Waals surface area contributed by atoms with E-state index < -0.39 is 10.0 Å². The topological polar surface area (TPSA) is 104 Å². The first kappa shape index (κ1) is 22.8. The van der Waals surface area contributed by atoms with Gasteiger partial charge in [-0.15, -0.1) is 0 Å². The molecule has 3 aromatic rings. The Morgan fingerprint density at radius 3 is 2.58 bits per heavy atom. The number of sulfonamides is 1. The fraction of sp³-hybridized carbons (Fsp3) is 0.200. The predicted molar refractivity (Wildman–Crippen MR) is 117 cm³/mol. The first-order valence-electron chi connectivity index (χ1n) is 9.05. The molecule has 2 aromatic carbocycles. The number of hydrogen-bond acceptors (Lipinski definition) is 6. The monoisotopic (exact) mass is 464 g/mol. The van der Waals surface area contributed by atoms with Crippen molar-refractivity contribution in [1.82, 2.24) is 14.3 Å². The molecule has 0 fully saturated rings. The normalized spacial score (nSPS) is 11.5. The Bertz CT molecular complexity index is 1180. The highest BCUT2D eigenvalue weighted by atomic mass is 32.2. The lowest BCUT2D eigenvalue weighted by atomic mass is 10.2. The van der Waals surface area contributed by atoms with Gasteiger partial charge in [0.05, 0.1) is 24.8 Å². The Kier molecular flexibility index (Phi) is 6.98. The molecular formula is C20H21FN4O4S2. The maximum absolute atomic E-state index is 13.1. The Hall–Kier alpha value is -2.89. The second kappa shape index (κ2) is 9.50. The molecule has 1 aromatic heterocycles. The Balaban J connectivity index is 1.66. The lowest BCUT2D eigenvalue weighted by molar-refractivity contribution is -0.113. The van der Waals surface area contributed by atoms with Gasteiger partial charge in [0.15, 0.2) is 5.16 Å². The maximum Gasteiger partial charge on any atom is 0.246 e. The van der Waals surface area contributed by atoms with E-state index in [0.717, 1.165) is 9.87 Å². The van der Waals surface area contributed by atoms with E-state index in [1.807, 2.05) is 0 Å². The predicted octanol–water partition coefficient (Wildman–Crippen LogP) is 3.21. The summed E-state index contributed by atoms with van der Waals surface area (Å²) < 4.78 is 44.2. The molecule has 164 valence electrons. The zero-order valence-electron chi connectivity index (χ0n) is 17.0. The number of aromatic amines is 1. The van der Waals surface area contributed by atoms with Gasteiger partial charge in [0, 0.05) is 19.8 Å². The minimum Gasteiger partial charge on any atom is -0.495 e. The van der Waals surface area contributed by atoms with Crippen molar-refractivity contribution in [3.8, 4) is 17.0 Å². The number of halogens is 1. The maximum atomic E-state index is 13.1. The van der Waals surface area contributed by atoms with Crippen molar-refractivity contribution in [2.45, 2.75) is 10.1 Å². The van der Waals surface area contributed by atoms with Crippen molar-refractivity contribution in [3.05, 3.63) is 54.5 Å². The van der Waals surface area contributed by atoms with Crippen LogP contribution in [0.4, 0.5) is 10.1 Å². The summed E-state index contributed by atoms with van der Waals surface area (Å²) >= 11 is 1.18. The van der Waals surface area contributed by atoms with Crippen molar-refractivity contribution in [1.29, 1.82) is 0 Å². The molecule has 8 nitrogen and oxygen atoms in total. The molecule has 0 aliphatic heterocycles. The minimum absolute atomic E-state index is 0.0413. The zero-order chi connectivity index (χ0) is 22.6. The number of H-pyrrole nitrogens is 1. The first-order valence-corrected chi connectivity index (χ1v) is 11.5. The van der Waals surface area contributed by atoms with Crippen molar-refractivity contribution in [3.63, 3.8) is 0 Å². The van der Waals surface area contributed by atoms with Crippen LogP contribution < -0.4 is 10.1 Å². The fourth-order valence-corrected chi connectivity index (χ4v) is 4.36. The molecule has 0 saturated carbocycles. The average molecular weight is 465 g/mol. The molecule has 2 N–H and O–H groups in total. The number of carbonyl (C=O) groups is 1. The number of imidazole rings is 1. The van der Waals surface area contributed by atoms with Gasteiger partial charge in [-0.1, -0.05) is 11.8 Å². The van der Waals surface area contributed by atoms with Crippen molar-refractivity contribution >= 4 is 33.4 Å². The van der Waals surface area contributed by atoms with Gasteiger partial charge in [-0.3, -0.25) is 4.79 Å². The summed E-state index contributed by atoms with van der Waals surface area (Å²) in [5.41, 5.74) is 1.81. The summed E-state index contributed by atoms with van der Waals surface area (Å²) in [6, 6.07) is 10.4. The van der Waals surface area contributed by atoms with E-state index in [9.17, 15) is 17.6 Å². The smallest absolute Gasteiger partial charge is 0.246 e. The number of ether oxygens (including phenoxy) is 1. The molecule has 0 aliphatic carbocycles. The third kappa shape index (κ3) is 5.43. The highest BCUT2D eigenvalue weighted by Crippen LogP contribution is 2.29. The zero-order valence-corrected chi connectivity index (χ0v) is 18.7. The van der Waals surface area contributed by atoms with E-state index >= 15 is 0 Å². The molecular weight excluding hydrogens is 443 g/mol. The molecule has 0 spiro atoms. The van der Waals surface area contributed by atoms with Crippen LogP contribution in [0.25, 0.3) is 11.3 Å². The molecule has 3 rings (SSSR count). The van der Waals surface area contributed by atoms with Crippen molar-refractivity contribution in [2.24, 2.45) is 0 Å². The van der Waals surface area contributed by atoms with Crippen molar-refractivity contribution in [2.75, 3.05) is 32.3 Å². The summed E-state index contributed by atoms with van der Waals surface area (Å²) in [4.78, 5) is 19.6. The van der Waals surface area contributed by atoms with Gasteiger partial charge in [0.2, 0.25) is 15.9 Å². The Labute approximate surface area is 183 Å². The summed E-state index contributed by atoms with van der Waals surface area (Å²) in [6.45, 7) is 0. The number of anilines is 1. The molecule has 0 bridgehead atoms. The van der Waals surface area contributed by atoms with E-state index in [-0.39, 0.29) is 28.1 Å². The standard InChI is InChI=1S/C20H21FN4O4S2/c1-25(2)31(27,28)18-10-15(8-9-17(18)29-3)23-19(26)12-30-20-22-11-16(24-20)13-4-6-14(21)7-5-13/h4-11H,12H2,1-3H3,(H,22,24)(H,23,26). The average Bonchev–Trinajstić information content (AvgIpc) is 3.21. The molecule has 0 atom stereocenters. The number of benzene rings is 2. The molecule has 1 heterocycles. The van der Waals surface area contributed by atoms with Crippen molar-refractivity contribution < 1.29 is 22.3 Å². The number of amides is 1. The Morgan fingerprint density at radius 1 is 1.23 bits per heavy atom. The second-order valence-corrected chi connectivity index (χ2v) is 9.68. The lowest BCUT2D eigenvalue weighted by Gasteiger charge is -2.15. The number of methoxy groups -OCH3 is 1. The van der Waals surface area contributed by atoms with Crippen LogP contribution in [-0.2, 0) is 14.8 Å². The van der Waals surface area contributed by atoms with Gasteiger partial charge in [0.25, 0.3) is 0 Å². The van der Waals surface area contributed by atoms with Crippen LogP contribution in [-0.4, -0.2) is 55.6 Å². The van der Waals surface area contributed by atoms with Gasteiger partial charge < -0.3 is 15.0 Å². The molecule has 0 radical (unpaired) electrons. The molecule has 11 heteroatoms. The SMILES string of the molecule is COc1ccc(NC(=O)CSc2ncc(-c3ccc(F)cc3)[nH]2)cc1S(=O)(=O)N(C)C. The van der Waals surface area contributed by atoms with Crippen LogP contribution in [0.15, 0.2) is 58.7 Å². The highest BCUT2D eigenvalue weighted by molar-refractivity contribution is 7.99. The number of aromatic nitrogens is 2. The van der Waals surface area contributed by atoms with Gasteiger partial charge in [-0.05, 0) is 48.0 Å². The summed E-state index contributed by atoms with van der Waals surface area (Å²) in [5, 5.41) is 3.21. The lowest BCUT2D eigenvalue weighted by Crippen LogP contribution is -2.23. The van der Waals surface area contributed by atoms with Crippen LogP contribution in [0.1, 0.15) is 0 Å². The van der Waals surface area contributed by atoms with Gasteiger partial charge in [-0.25, -0.2) is 22.1 Å². The van der Waals surface area contributed by atoms with E-state index in [2.05, 4.69) is 15.3 Å². The second-order valence-electron chi connectivity index (χ2n) is 6.60. The molecule has 0 unspecified atom stereocenters. The number of hydrogen-bond donors (Lipinski definition) is 2. The first-order chi connectivity index (χ1) is 14.7. The van der Waals surface area contributed by atoms with Crippen LogP contribution in [0, 0.1) is 5.82 Å². The van der Waals surface area contributed by atoms with Crippen LogP contribution in [0.3, 0.4) is 0 Å². The summed E-state index contributed by atoms with van der Waals surface area (Å²) in [7, 11) is 0.465. The molecule has 0 aliphatic rings. The van der Waals surface area contributed by atoms with Crippen LogP contribution >= 0.6 is 11.8 Å². The highest BCUT2D eigenvalue weighted by Gasteiger charge is 2.23. The number of nitrogens with one attached hydrogen (secondary N) is 2. The fourth-order valence-electron chi connectivity index (χ4n) is 2.64. The summed E-state index contributed by atoms with van der Waals surface area (Å²) in [6.07, 6.45) is 1.61. The third-order valence-corrected chi connectivity index (χ3v) is 6.98.